The van der Waals surface area contributed by atoms with Crippen LogP contribution in [0.25, 0.3) is 64.6 Å². The highest BCUT2D eigenvalue weighted by Crippen LogP contribution is 2.48. The average Bonchev–Trinajstić information content (AvgIpc) is 3.41. The lowest BCUT2D eigenvalue weighted by Gasteiger charge is -2.33. The Balaban J connectivity index is 1.13. The number of hydrogen-bond donors (Lipinski definition) is 0. The zero-order valence-corrected chi connectivity index (χ0v) is 37.8. The smallest absolute Gasteiger partial charge is 0.0503 e. The van der Waals surface area contributed by atoms with E-state index in [1.165, 1.54) is 64.6 Å². The van der Waals surface area contributed by atoms with Crippen LogP contribution in [0.4, 0.5) is 51.2 Å². The number of fused-ring (bicyclic) bond motifs is 6. The summed E-state index contributed by atoms with van der Waals surface area (Å²) in [6.07, 6.45) is 0. The molecule has 0 fully saturated rings. The summed E-state index contributed by atoms with van der Waals surface area (Å²) in [5.41, 5.74) is 9.46. The fraction of sp³-hybridized carbons (Fsp3) is 0. The molecule has 69 heavy (non-hydrogen) atoms. The maximum Gasteiger partial charge on any atom is 0.0503 e. The zero-order valence-electron chi connectivity index (χ0n) is 37.8. The van der Waals surface area contributed by atoms with Crippen molar-refractivity contribution in [3.63, 3.8) is 0 Å². The molecule has 0 unspecified atom stereocenters. The first-order valence-electron chi connectivity index (χ1n) is 23.6. The Hall–Kier alpha value is -9.18. The van der Waals surface area contributed by atoms with E-state index >= 15 is 0 Å². The molecule has 13 aromatic rings. The first kappa shape index (κ1) is 40.1. The van der Waals surface area contributed by atoms with Gasteiger partial charge in [0.1, 0.15) is 0 Å². The Morgan fingerprint density at radius 2 is 0.290 bits per heavy atom. The maximum absolute atomic E-state index is 2.43. The standard InChI is InChI=1S/C66H45N3/c1-7-19-52-37-58(31-25-46(52)13-1)67(59-32-26-47-14-2-8-20-53(47)38-59)64-43-65(68(60-33-27-48-15-3-9-21-54(48)39-60)61-34-28-49-16-4-10-22-55(49)40-61)45-66(44-64)69(62-35-29-50-17-5-11-23-56(50)41-62)63-36-30-51-18-6-12-24-57(51)42-63/h1-45H. The van der Waals surface area contributed by atoms with Gasteiger partial charge in [-0.25, -0.2) is 0 Å². The number of benzene rings is 13. The Bertz CT molecular complexity index is 3410. The minimum Gasteiger partial charge on any atom is -0.310 e. The van der Waals surface area contributed by atoms with Crippen molar-refractivity contribution in [1.29, 1.82) is 0 Å². The van der Waals surface area contributed by atoms with Gasteiger partial charge in [0.2, 0.25) is 0 Å². The molecule has 13 rings (SSSR count). The summed E-state index contributed by atoms with van der Waals surface area (Å²) in [4.78, 5) is 7.30. The fourth-order valence-corrected chi connectivity index (χ4v) is 10.2. The van der Waals surface area contributed by atoms with Gasteiger partial charge in [-0.1, -0.05) is 182 Å². The van der Waals surface area contributed by atoms with Crippen molar-refractivity contribution < 1.29 is 0 Å². The van der Waals surface area contributed by atoms with Gasteiger partial charge in [0.15, 0.2) is 0 Å². The van der Waals surface area contributed by atoms with Crippen LogP contribution >= 0.6 is 0 Å². The highest BCUT2D eigenvalue weighted by atomic mass is 15.2. The molecule has 0 bridgehead atoms. The molecule has 3 nitrogen and oxygen atoms in total. The minimum absolute atomic E-state index is 1.02. The summed E-state index contributed by atoms with van der Waals surface area (Å²) >= 11 is 0. The van der Waals surface area contributed by atoms with E-state index in [-0.39, 0.29) is 0 Å². The van der Waals surface area contributed by atoms with Crippen molar-refractivity contribution in [2.45, 2.75) is 0 Å². The molecule has 0 N–H and O–H groups in total. The van der Waals surface area contributed by atoms with Crippen LogP contribution in [-0.4, -0.2) is 0 Å². The van der Waals surface area contributed by atoms with Gasteiger partial charge in [-0.3, -0.25) is 0 Å². The molecule has 0 saturated carbocycles. The second kappa shape index (κ2) is 16.9. The number of nitrogens with zero attached hydrogens (tertiary/aromatic N) is 3. The topological polar surface area (TPSA) is 9.72 Å². The molecule has 0 saturated heterocycles. The van der Waals surface area contributed by atoms with Crippen LogP contribution in [0.2, 0.25) is 0 Å². The lowest BCUT2D eigenvalue weighted by Crippen LogP contribution is -2.16. The SMILES string of the molecule is c1ccc2cc(N(c3cc(N(c4ccc5ccccc5c4)c4ccc5ccccc5c4)cc(N(c4ccc5ccccc5c4)c4ccc5ccccc5c4)c3)c3ccc4ccccc4c3)ccc2c1. The molecule has 13 aromatic carbocycles. The molecule has 0 spiro atoms. The normalized spacial score (nSPS) is 11.5. The molecule has 324 valence electrons. The lowest BCUT2D eigenvalue weighted by atomic mass is 10.0. The number of hydrogen-bond acceptors (Lipinski definition) is 3. The van der Waals surface area contributed by atoms with Gasteiger partial charge in [0.05, 0.1) is 17.1 Å². The van der Waals surface area contributed by atoms with Crippen molar-refractivity contribution in [2.24, 2.45) is 0 Å². The van der Waals surface area contributed by atoms with Crippen molar-refractivity contribution >= 4 is 116 Å². The maximum atomic E-state index is 2.43. The second-order valence-corrected chi connectivity index (χ2v) is 17.9. The van der Waals surface area contributed by atoms with Gasteiger partial charge >= 0.3 is 0 Å². The molecule has 0 aliphatic heterocycles. The summed E-state index contributed by atoms with van der Waals surface area (Å²) < 4.78 is 0. The molecule has 0 amide bonds. The first-order chi connectivity index (χ1) is 34.1. The van der Waals surface area contributed by atoms with Crippen molar-refractivity contribution in [3.8, 4) is 0 Å². The highest BCUT2D eigenvalue weighted by Gasteiger charge is 2.24. The van der Waals surface area contributed by atoms with E-state index in [4.69, 9.17) is 0 Å². The van der Waals surface area contributed by atoms with Crippen LogP contribution < -0.4 is 14.7 Å². The molecule has 3 heteroatoms. The van der Waals surface area contributed by atoms with Crippen molar-refractivity contribution in [2.75, 3.05) is 14.7 Å². The Morgan fingerprint density at radius 1 is 0.130 bits per heavy atom. The third-order valence-corrected chi connectivity index (χ3v) is 13.6. The largest absolute Gasteiger partial charge is 0.310 e. The third-order valence-electron chi connectivity index (χ3n) is 13.6. The summed E-state index contributed by atoms with van der Waals surface area (Å²) in [6.45, 7) is 0. The first-order valence-corrected chi connectivity index (χ1v) is 23.6. The van der Waals surface area contributed by atoms with E-state index in [1.54, 1.807) is 0 Å². The van der Waals surface area contributed by atoms with E-state index in [9.17, 15) is 0 Å². The Kier molecular flexibility index (Phi) is 9.84. The molecule has 0 aliphatic rings. The van der Waals surface area contributed by atoms with Gasteiger partial charge in [-0.2, -0.15) is 0 Å². The van der Waals surface area contributed by atoms with Crippen LogP contribution in [0.5, 0.6) is 0 Å². The van der Waals surface area contributed by atoms with E-state index < -0.39 is 0 Å². The zero-order chi connectivity index (χ0) is 45.7. The molecule has 0 atom stereocenters. The molecule has 0 aliphatic carbocycles. The molecular weight excluding hydrogens is 835 g/mol. The van der Waals surface area contributed by atoms with Gasteiger partial charge in [-0.15, -0.1) is 0 Å². The van der Waals surface area contributed by atoms with Crippen molar-refractivity contribution in [3.05, 3.63) is 273 Å². The van der Waals surface area contributed by atoms with E-state index in [0.717, 1.165) is 51.2 Å². The van der Waals surface area contributed by atoms with E-state index in [1.807, 2.05) is 0 Å². The molecule has 0 aromatic heterocycles. The van der Waals surface area contributed by atoms with Crippen LogP contribution in [0, 0.1) is 0 Å². The number of rotatable bonds is 9. The quantitative estimate of drug-likeness (QED) is 0.143. The summed E-state index contributed by atoms with van der Waals surface area (Å²) in [6, 6.07) is 99.9. The predicted octanol–water partition coefficient (Wildman–Crippen LogP) is 19.0. The fourth-order valence-electron chi connectivity index (χ4n) is 10.2. The molecule has 0 radical (unpaired) electrons. The van der Waals surface area contributed by atoms with Gasteiger partial charge in [0.25, 0.3) is 0 Å². The van der Waals surface area contributed by atoms with Crippen LogP contribution in [0.1, 0.15) is 0 Å². The van der Waals surface area contributed by atoms with Gasteiger partial charge in [0, 0.05) is 34.1 Å². The van der Waals surface area contributed by atoms with E-state index in [0.29, 0.717) is 0 Å². The molecular formula is C66H45N3. The monoisotopic (exact) mass is 879 g/mol. The lowest BCUT2D eigenvalue weighted by molar-refractivity contribution is 1.23. The average molecular weight is 880 g/mol. The Labute approximate surface area is 401 Å². The minimum atomic E-state index is 1.02. The predicted molar refractivity (Wildman–Crippen MR) is 296 cm³/mol. The summed E-state index contributed by atoms with van der Waals surface area (Å²) in [5.74, 6) is 0. The van der Waals surface area contributed by atoms with Crippen LogP contribution in [0.15, 0.2) is 273 Å². The van der Waals surface area contributed by atoms with E-state index in [2.05, 4.69) is 288 Å². The van der Waals surface area contributed by atoms with Crippen LogP contribution in [0.3, 0.4) is 0 Å². The number of anilines is 9. The van der Waals surface area contributed by atoms with Crippen molar-refractivity contribution in [1.82, 2.24) is 0 Å². The van der Waals surface area contributed by atoms with Gasteiger partial charge in [-0.05, 0) is 156 Å². The van der Waals surface area contributed by atoms with Gasteiger partial charge < -0.3 is 14.7 Å². The summed E-state index contributed by atoms with van der Waals surface area (Å²) in [7, 11) is 0. The second-order valence-electron chi connectivity index (χ2n) is 17.9. The third kappa shape index (κ3) is 7.53. The summed E-state index contributed by atoms with van der Waals surface area (Å²) in [5, 5.41) is 14.3. The molecule has 0 heterocycles. The van der Waals surface area contributed by atoms with Crippen LogP contribution in [-0.2, 0) is 0 Å². The Morgan fingerprint density at radius 3 is 0.464 bits per heavy atom. The highest BCUT2D eigenvalue weighted by molar-refractivity contribution is 5.99.